The van der Waals surface area contributed by atoms with Crippen molar-refractivity contribution < 1.29 is 23.2 Å². The maximum Gasteiger partial charge on any atom is 0.350 e. The molecular weight excluding hydrogens is 389 g/mol. The lowest BCUT2D eigenvalue weighted by Crippen LogP contribution is -2.54. The topological polar surface area (TPSA) is 57.2 Å². The van der Waals surface area contributed by atoms with Crippen molar-refractivity contribution in [3.63, 3.8) is 0 Å². The molecule has 0 heterocycles. The van der Waals surface area contributed by atoms with Gasteiger partial charge in [-0.05, 0) is 45.6 Å². The van der Waals surface area contributed by atoms with E-state index >= 15 is 0 Å². The monoisotopic (exact) mass is 429 g/mol. The number of benzene rings is 1. The molecule has 29 heavy (non-hydrogen) atoms. The van der Waals surface area contributed by atoms with Crippen molar-refractivity contribution in [2.45, 2.75) is 72.8 Å². The summed E-state index contributed by atoms with van der Waals surface area (Å²) in [5.74, 6) is -0.613. The van der Waals surface area contributed by atoms with E-state index in [1.807, 2.05) is 85.7 Å². The van der Waals surface area contributed by atoms with Gasteiger partial charge < -0.3 is 13.8 Å². The van der Waals surface area contributed by atoms with Gasteiger partial charge in [0, 0.05) is 12.6 Å². The van der Waals surface area contributed by atoms with Crippen molar-refractivity contribution in [1.82, 2.24) is 5.06 Å². The maximum atomic E-state index is 13.9. The van der Waals surface area contributed by atoms with E-state index in [1.54, 1.807) is 12.2 Å². The number of ether oxygens (including phenoxy) is 1. The standard InChI is InChI=1S/C22H40NO5P/c1-10-26-29(24,27-11-2)20(21(3,4)5)23(22(6,7)8)28-19(17-25-9)18-15-13-12-14-16-18/h12-16,19-20H,10-11,17H2,1-9H3/t19-,20-/m0/s1. The molecule has 0 aliphatic rings. The number of hydrogen-bond donors (Lipinski definition) is 0. The zero-order valence-electron chi connectivity index (χ0n) is 19.6. The predicted octanol–water partition coefficient (Wildman–Crippen LogP) is 6.04. The van der Waals surface area contributed by atoms with E-state index in [4.69, 9.17) is 18.6 Å². The SMILES string of the molecule is CCOP(=O)(OCC)[C@H](N(O[C@@H](COC)c1ccccc1)C(C)(C)C)C(C)(C)C. The summed E-state index contributed by atoms with van der Waals surface area (Å²) in [6.07, 6.45) is -0.359. The first-order chi connectivity index (χ1) is 13.4. The van der Waals surface area contributed by atoms with Crippen LogP contribution in [-0.4, -0.2) is 43.3 Å². The minimum absolute atomic E-state index is 0.294. The fraction of sp³-hybridized carbons (Fsp3) is 0.727. The van der Waals surface area contributed by atoms with Gasteiger partial charge in [-0.1, -0.05) is 51.1 Å². The van der Waals surface area contributed by atoms with Gasteiger partial charge >= 0.3 is 7.60 Å². The number of methoxy groups -OCH3 is 1. The molecule has 6 nitrogen and oxygen atoms in total. The zero-order chi connectivity index (χ0) is 22.3. The Kier molecular flexibility index (Phi) is 10.0. The quantitative estimate of drug-likeness (QED) is 0.315. The minimum atomic E-state index is -3.51. The molecule has 2 atom stereocenters. The molecule has 0 aromatic heterocycles. The van der Waals surface area contributed by atoms with Gasteiger partial charge in [-0.25, -0.2) is 0 Å². The third kappa shape index (κ3) is 7.46. The van der Waals surface area contributed by atoms with Crippen molar-refractivity contribution in [3.8, 4) is 0 Å². The van der Waals surface area contributed by atoms with Crippen LogP contribution in [0.15, 0.2) is 30.3 Å². The van der Waals surface area contributed by atoms with E-state index in [-0.39, 0.29) is 6.10 Å². The summed E-state index contributed by atoms with van der Waals surface area (Å²) in [6, 6.07) is 9.90. The molecule has 0 N–H and O–H groups in total. The summed E-state index contributed by atoms with van der Waals surface area (Å²) in [4.78, 5) is 6.55. The Bertz CT molecular complexity index is 629. The molecule has 0 saturated heterocycles. The summed E-state index contributed by atoms with van der Waals surface area (Å²) in [6.45, 7) is 16.8. The summed E-state index contributed by atoms with van der Waals surface area (Å²) in [5.41, 5.74) is 0.0724. The summed E-state index contributed by atoms with van der Waals surface area (Å²) < 4.78 is 30.9. The second-order valence-electron chi connectivity index (χ2n) is 9.07. The second-order valence-corrected chi connectivity index (χ2v) is 11.2. The van der Waals surface area contributed by atoms with E-state index in [0.29, 0.717) is 19.8 Å². The van der Waals surface area contributed by atoms with Crippen LogP contribution < -0.4 is 0 Å². The lowest BCUT2D eigenvalue weighted by molar-refractivity contribution is -0.275. The first-order valence-electron chi connectivity index (χ1n) is 10.3. The average Bonchev–Trinajstić information content (AvgIpc) is 2.59. The lowest BCUT2D eigenvalue weighted by Gasteiger charge is -2.48. The Labute approximate surface area is 177 Å². The molecule has 0 unspecified atom stereocenters. The summed E-state index contributed by atoms with van der Waals surface area (Å²) in [7, 11) is -1.86. The molecule has 7 heteroatoms. The first-order valence-corrected chi connectivity index (χ1v) is 11.9. The maximum absolute atomic E-state index is 13.9. The van der Waals surface area contributed by atoms with Gasteiger partial charge in [0.2, 0.25) is 0 Å². The Balaban J connectivity index is 3.48. The number of hydroxylamine groups is 2. The van der Waals surface area contributed by atoms with Crippen LogP contribution in [0.25, 0.3) is 0 Å². The van der Waals surface area contributed by atoms with Gasteiger partial charge in [-0.15, -0.1) is 0 Å². The van der Waals surface area contributed by atoms with Crippen molar-refractivity contribution in [2.24, 2.45) is 5.41 Å². The summed E-state index contributed by atoms with van der Waals surface area (Å²) >= 11 is 0. The fourth-order valence-corrected chi connectivity index (χ4v) is 5.90. The average molecular weight is 430 g/mol. The lowest BCUT2D eigenvalue weighted by atomic mass is 9.94. The molecule has 0 radical (unpaired) electrons. The molecule has 168 valence electrons. The molecule has 0 fully saturated rings. The molecular formula is C22H40NO5P. The van der Waals surface area contributed by atoms with Gasteiger partial charge in [0.1, 0.15) is 11.9 Å². The molecule has 0 saturated carbocycles. The Morgan fingerprint density at radius 1 is 0.966 bits per heavy atom. The van der Waals surface area contributed by atoms with Gasteiger partial charge in [0.05, 0.1) is 19.8 Å². The highest BCUT2D eigenvalue weighted by molar-refractivity contribution is 7.54. The third-order valence-corrected chi connectivity index (χ3v) is 7.13. The van der Waals surface area contributed by atoms with Crippen LogP contribution in [0, 0.1) is 5.41 Å². The van der Waals surface area contributed by atoms with Gasteiger partial charge in [0.15, 0.2) is 0 Å². The highest BCUT2D eigenvalue weighted by Crippen LogP contribution is 2.61. The zero-order valence-corrected chi connectivity index (χ0v) is 20.5. The van der Waals surface area contributed by atoms with Gasteiger partial charge in [-0.3, -0.25) is 9.40 Å². The Hall–Kier alpha value is -0.750. The molecule has 0 aliphatic heterocycles. The molecule has 1 aromatic carbocycles. The van der Waals surface area contributed by atoms with Crippen molar-refractivity contribution in [1.29, 1.82) is 0 Å². The van der Waals surface area contributed by atoms with Crippen LogP contribution in [0.5, 0.6) is 0 Å². The number of nitrogens with zero attached hydrogens (tertiary/aromatic N) is 1. The van der Waals surface area contributed by atoms with E-state index in [2.05, 4.69) is 0 Å². The predicted molar refractivity (Wildman–Crippen MR) is 118 cm³/mol. The van der Waals surface area contributed by atoms with Crippen molar-refractivity contribution in [3.05, 3.63) is 35.9 Å². The first kappa shape index (κ1) is 26.3. The Morgan fingerprint density at radius 2 is 1.48 bits per heavy atom. The van der Waals surface area contributed by atoms with Crippen LogP contribution in [0.2, 0.25) is 0 Å². The van der Waals surface area contributed by atoms with Crippen molar-refractivity contribution >= 4 is 7.60 Å². The van der Waals surface area contributed by atoms with Gasteiger partial charge in [0.25, 0.3) is 0 Å². The number of hydrogen-bond acceptors (Lipinski definition) is 6. The normalized spacial score (nSPS) is 15.5. The second kappa shape index (κ2) is 11.0. The van der Waals surface area contributed by atoms with Crippen LogP contribution in [-0.2, 0) is 23.2 Å². The molecule has 0 amide bonds. The third-order valence-electron chi connectivity index (χ3n) is 4.31. The minimum Gasteiger partial charge on any atom is -0.382 e. The summed E-state index contributed by atoms with van der Waals surface area (Å²) in [5, 5.41) is 1.80. The molecule has 0 spiro atoms. The molecule has 0 aliphatic carbocycles. The molecule has 1 rings (SSSR count). The van der Waals surface area contributed by atoms with E-state index < -0.39 is 24.3 Å². The fourth-order valence-electron chi connectivity index (χ4n) is 3.22. The molecule has 1 aromatic rings. The highest BCUT2D eigenvalue weighted by atomic mass is 31.2. The van der Waals surface area contributed by atoms with Gasteiger partial charge in [-0.2, -0.15) is 5.06 Å². The largest absolute Gasteiger partial charge is 0.382 e. The Morgan fingerprint density at radius 3 is 1.86 bits per heavy atom. The smallest absolute Gasteiger partial charge is 0.350 e. The number of rotatable bonds is 11. The van der Waals surface area contributed by atoms with E-state index in [9.17, 15) is 4.57 Å². The highest BCUT2D eigenvalue weighted by Gasteiger charge is 2.51. The molecule has 0 bridgehead atoms. The van der Waals surface area contributed by atoms with E-state index in [1.165, 1.54) is 0 Å². The van der Waals surface area contributed by atoms with E-state index in [0.717, 1.165) is 5.56 Å². The van der Waals surface area contributed by atoms with Crippen LogP contribution in [0.1, 0.15) is 67.1 Å². The van der Waals surface area contributed by atoms with Crippen LogP contribution in [0.3, 0.4) is 0 Å². The van der Waals surface area contributed by atoms with Crippen LogP contribution >= 0.6 is 7.60 Å². The van der Waals surface area contributed by atoms with Crippen molar-refractivity contribution in [2.75, 3.05) is 26.9 Å². The van der Waals surface area contributed by atoms with Crippen LogP contribution in [0.4, 0.5) is 0 Å².